The van der Waals surface area contributed by atoms with E-state index in [1.807, 2.05) is 48.2 Å². The lowest BCUT2D eigenvalue weighted by Gasteiger charge is -2.32. The molecule has 0 unspecified atom stereocenters. The number of hydrogen-bond donors (Lipinski definition) is 1. The van der Waals surface area contributed by atoms with E-state index in [0.717, 1.165) is 28.7 Å². The Balaban J connectivity index is 1.34. The molecule has 3 aromatic rings. The number of rotatable bonds is 5. The van der Waals surface area contributed by atoms with Crippen LogP contribution in [0.5, 0.6) is 5.75 Å². The van der Waals surface area contributed by atoms with Gasteiger partial charge in [-0.15, -0.1) is 11.3 Å². The Morgan fingerprint density at radius 3 is 2.50 bits per heavy atom. The first-order valence-electron chi connectivity index (χ1n) is 10.1. The first kappa shape index (κ1) is 20.7. The quantitative estimate of drug-likeness (QED) is 0.605. The van der Waals surface area contributed by atoms with Gasteiger partial charge in [0, 0.05) is 34.8 Å². The number of fused-ring (bicyclic) bond motifs is 1. The summed E-state index contributed by atoms with van der Waals surface area (Å²) in [5.74, 6) is 0.628. The average Bonchev–Trinajstić information content (AvgIpc) is 3.11. The molecule has 1 fully saturated rings. The zero-order valence-corrected chi connectivity index (χ0v) is 18.3. The molecule has 1 aliphatic rings. The van der Waals surface area contributed by atoms with Gasteiger partial charge in [0.1, 0.15) is 10.6 Å². The van der Waals surface area contributed by atoms with Crippen molar-refractivity contribution in [2.24, 2.45) is 0 Å². The van der Waals surface area contributed by atoms with Crippen LogP contribution in [0.15, 0.2) is 48.5 Å². The van der Waals surface area contributed by atoms with Crippen LogP contribution in [0, 0.1) is 0 Å². The molecule has 2 amide bonds. The summed E-state index contributed by atoms with van der Waals surface area (Å²) in [4.78, 5) is 27.9. The van der Waals surface area contributed by atoms with Gasteiger partial charge in [-0.1, -0.05) is 29.8 Å². The highest BCUT2D eigenvalue weighted by Gasteiger charge is 2.26. The van der Waals surface area contributed by atoms with Crippen molar-refractivity contribution in [1.82, 2.24) is 10.2 Å². The minimum Gasteiger partial charge on any atom is -0.494 e. The van der Waals surface area contributed by atoms with Crippen LogP contribution >= 0.6 is 22.9 Å². The van der Waals surface area contributed by atoms with Gasteiger partial charge in [0.15, 0.2) is 0 Å². The van der Waals surface area contributed by atoms with E-state index < -0.39 is 0 Å². The third-order valence-electron chi connectivity index (χ3n) is 5.27. The summed E-state index contributed by atoms with van der Waals surface area (Å²) in [5.41, 5.74) is 0.651. The van der Waals surface area contributed by atoms with E-state index in [0.29, 0.717) is 35.2 Å². The number of hydrogen-bond acceptors (Lipinski definition) is 4. The highest BCUT2D eigenvalue weighted by atomic mass is 35.5. The van der Waals surface area contributed by atoms with Crippen LogP contribution < -0.4 is 10.1 Å². The van der Waals surface area contributed by atoms with E-state index >= 15 is 0 Å². The molecule has 1 N–H and O–H groups in total. The van der Waals surface area contributed by atoms with E-state index in [9.17, 15) is 9.59 Å². The van der Waals surface area contributed by atoms with Gasteiger partial charge in [0.25, 0.3) is 11.8 Å². The largest absolute Gasteiger partial charge is 0.494 e. The zero-order valence-electron chi connectivity index (χ0n) is 16.7. The Labute approximate surface area is 184 Å². The highest BCUT2D eigenvalue weighted by Crippen LogP contribution is 2.35. The number of piperidine rings is 1. The van der Waals surface area contributed by atoms with E-state index in [1.165, 1.54) is 11.3 Å². The van der Waals surface area contributed by atoms with Gasteiger partial charge in [-0.05, 0) is 50.1 Å². The van der Waals surface area contributed by atoms with E-state index in [-0.39, 0.29) is 17.9 Å². The maximum atomic E-state index is 12.7. The molecule has 0 saturated carbocycles. The smallest absolute Gasteiger partial charge is 0.263 e. The molecule has 7 heteroatoms. The van der Waals surface area contributed by atoms with E-state index in [4.69, 9.17) is 16.3 Å². The number of ether oxygens (including phenoxy) is 1. The van der Waals surface area contributed by atoms with Crippen LogP contribution in [0.3, 0.4) is 0 Å². The van der Waals surface area contributed by atoms with Crippen molar-refractivity contribution in [2.45, 2.75) is 25.8 Å². The Morgan fingerprint density at radius 2 is 1.83 bits per heavy atom. The number of carbonyl (C=O) groups is 2. The lowest BCUT2D eigenvalue weighted by atomic mass is 10.0. The van der Waals surface area contributed by atoms with Crippen LogP contribution in [0.2, 0.25) is 5.02 Å². The number of likely N-dealkylation sites (tertiary alicyclic amines) is 1. The van der Waals surface area contributed by atoms with Gasteiger partial charge < -0.3 is 15.0 Å². The number of carbonyl (C=O) groups excluding carboxylic acids is 2. The van der Waals surface area contributed by atoms with Crippen molar-refractivity contribution in [3.63, 3.8) is 0 Å². The van der Waals surface area contributed by atoms with Gasteiger partial charge >= 0.3 is 0 Å². The SMILES string of the molecule is CCOc1ccc(C(=O)N2CCC(NC(=O)c3sc4ccccc4c3Cl)CC2)cc1. The molecule has 2 heterocycles. The molecule has 1 aromatic heterocycles. The summed E-state index contributed by atoms with van der Waals surface area (Å²) in [6.45, 7) is 3.74. The molecule has 0 bridgehead atoms. The summed E-state index contributed by atoms with van der Waals surface area (Å²) in [7, 11) is 0. The zero-order chi connectivity index (χ0) is 21.1. The molecule has 30 heavy (non-hydrogen) atoms. The van der Waals surface area contributed by atoms with Crippen LogP contribution in [0.4, 0.5) is 0 Å². The first-order chi connectivity index (χ1) is 14.6. The highest BCUT2D eigenvalue weighted by molar-refractivity contribution is 7.21. The summed E-state index contributed by atoms with van der Waals surface area (Å²) < 4.78 is 6.43. The van der Waals surface area contributed by atoms with Gasteiger partial charge in [0.05, 0.1) is 11.6 Å². The Bertz CT molecular complexity index is 1060. The van der Waals surface area contributed by atoms with Crippen LogP contribution in [-0.4, -0.2) is 42.5 Å². The summed E-state index contributed by atoms with van der Waals surface area (Å²) in [6.07, 6.45) is 1.44. The van der Waals surface area contributed by atoms with Crippen molar-refractivity contribution in [3.8, 4) is 5.75 Å². The average molecular weight is 443 g/mol. The van der Waals surface area contributed by atoms with Crippen molar-refractivity contribution >= 4 is 44.8 Å². The Kier molecular flexibility index (Phi) is 6.25. The molecule has 0 radical (unpaired) electrons. The molecule has 1 saturated heterocycles. The predicted molar refractivity (Wildman–Crippen MR) is 121 cm³/mol. The van der Waals surface area contributed by atoms with Crippen molar-refractivity contribution in [1.29, 1.82) is 0 Å². The molecule has 0 atom stereocenters. The third kappa shape index (κ3) is 4.30. The minimum absolute atomic E-state index is 0.00961. The molecule has 4 rings (SSSR count). The molecule has 1 aliphatic heterocycles. The summed E-state index contributed by atoms with van der Waals surface area (Å²) in [5, 5.41) is 4.51. The third-order valence-corrected chi connectivity index (χ3v) is 6.94. The number of halogens is 1. The van der Waals surface area contributed by atoms with Crippen molar-refractivity contribution in [2.75, 3.05) is 19.7 Å². The predicted octanol–water partition coefficient (Wildman–Crippen LogP) is 4.99. The molecule has 156 valence electrons. The molecule has 5 nitrogen and oxygen atoms in total. The number of thiophene rings is 1. The second-order valence-corrected chi connectivity index (χ2v) is 8.67. The summed E-state index contributed by atoms with van der Waals surface area (Å²) in [6, 6.07) is 15.0. The molecule has 2 aromatic carbocycles. The Hall–Kier alpha value is -2.57. The minimum atomic E-state index is -0.141. The van der Waals surface area contributed by atoms with Gasteiger partial charge in [-0.3, -0.25) is 9.59 Å². The maximum absolute atomic E-state index is 12.7. The molecular formula is C23H23ClN2O3S. The molecule has 0 spiro atoms. The van der Waals surface area contributed by atoms with E-state index in [1.54, 1.807) is 12.1 Å². The van der Waals surface area contributed by atoms with Gasteiger partial charge in [-0.25, -0.2) is 0 Å². The van der Waals surface area contributed by atoms with Gasteiger partial charge in [0.2, 0.25) is 0 Å². The number of nitrogens with zero attached hydrogens (tertiary/aromatic N) is 1. The van der Waals surface area contributed by atoms with Crippen LogP contribution in [-0.2, 0) is 0 Å². The van der Waals surface area contributed by atoms with E-state index in [2.05, 4.69) is 5.32 Å². The topological polar surface area (TPSA) is 58.6 Å². The number of amides is 2. The van der Waals surface area contributed by atoms with Crippen molar-refractivity contribution < 1.29 is 14.3 Å². The fourth-order valence-corrected chi connectivity index (χ4v) is 5.10. The Morgan fingerprint density at radius 1 is 1.13 bits per heavy atom. The normalized spacial score (nSPS) is 14.7. The lowest BCUT2D eigenvalue weighted by molar-refractivity contribution is 0.0698. The second kappa shape index (κ2) is 9.06. The first-order valence-corrected chi connectivity index (χ1v) is 11.3. The maximum Gasteiger partial charge on any atom is 0.263 e. The fourth-order valence-electron chi connectivity index (χ4n) is 3.68. The lowest BCUT2D eigenvalue weighted by Crippen LogP contribution is -2.46. The van der Waals surface area contributed by atoms with Crippen LogP contribution in [0.1, 0.15) is 39.8 Å². The molecular weight excluding hydrogens is 420 g/mol. The molecule has 0 aliphatic carbocycles. The second-order valence-electron chi connectivity index (χ2n) is 7.24. The van der Waals surface area contributed by atoms with Gasteiger partial charge in [-0.2, -0.15) is 0 Å². The fraction of sp³-hybridized carbons (Fsp3) is 0.304. The van der Waals surface area contributed by atoms with Crippen molar-refractivity contribution in [3.05, 3.63) is 64.0 Å². The van der Waals surface area contributed by atoms with Crippen LogP contribution in [0.25, 0.3) is 10.1 Å². The standard InChI is InChI=1S/C23H23ClN2O3S/c1-2-29-17-9-7-15(8-10-17)23(28)26-13-11-16(12-14-26)25-22(27)21-20(24)18-5-3-4-6-19(18)30-21/h3-10,16H,2,11-14H2,1H3,(H,25,27). The monoisotopic (exact) mass is 442 g/mol. The number of benzene rings is 2. The summed E-state index contributed by atoms with van der Waals surface area (Å²) >= 11 is 7.83. The number of nitrogens with one attached hydrogen (secondary N) is 1.